The summed E-state index contributed by atoms with van der Waals surface area (Å²) in [7, 11) is 0. The van der Waals surface area contributed by atoms with Crippen LogP contribution in [0.2, 0.25) is 0 Å². The second kappa shape index (κ2) is 9.44. The Labute approximate surface area is 123 Å². The molecule has 1 unspecified atom stereocenters. The maximum absolute atomic E-state index is 3.62. The van der Waals surface area contributed by atoms with Crippen LogP contribution in [0.15, 0.2) is 29.2 Å². The van der Waals surface area contributed by atoms with E-state index in [0.717, 1.165) is 12.5 Å². The average Bonchev–Trinajstić information content (AvgIpc) is 2.35. The van der Waals surface area contributed by atoms with E-state index in [1.54, 1.807) is 0 Å². The molecule has 0 fully saturated rings. The van der Waals surface area contributed by atoms with E-state index < -0.39 is 0 Å². The Morgan fingerprint density at radius 1 is 1.21 bits per heavy atom. The molecule has 0 amide bonds. The molecule has 1 aromatic rings. The van der Waals surface area contributed by atoms with E-state index in [2.05, 4.69) is 57.3 Å². The van der Waals surface area contributed by atoms with Crippen LogP contribution in [0.25, 0.3) is 0 Å². The summed E-state index contributed by atoms with van der Waals surface area (Å²) >= 11 is 1.98. The van der Waals surface area contributed by atoms with Gasteiger partial charge in [-0.05, 0) is 37.9 Å². The van der Waals surface area contributed by atoms with Gasteiger partial charge in [0.15, 0.2) is 0 Å². The van der Waals surface area contributed by atoms with Crippen molar-refractivity contribution in [2.24, 2.45) is 5.92 Å². The SMILES string of the molecule is CCNC(CCCC(C)C)CSc1cccc(C)c1. The first kappa shape index (κ1) is 16.6. The Bertz CT molecular complexity index is 349. The van der Waals surface area contributed by atoms with Gasteiger partial charge in [0, 0.05) is 16.7 Å². The van der Waals surface area contributed by atoms with Crippen molar-refractivity contribution in [3.63, 3.8) is 0 Å². The average molecular weight is 279 g/mol. The monoisotopic (exact) mass is 279 g/mol. The molecular formula is C17H29NS. The minimum absolute atomic E-state index is 0.647. The predicted octanol–water partition coefficient (Wildman–Crippen LogP) is 4.89. The first-order chi connectivity index (χ1) is 9.11. The van der Waals surface area contributed by atoms with E-state index in [1.807, 2.05) is 11.8 Å². The lowest BCUT2D eigenvalue weighted by Crippen LogP contribution is -2.31. The van der Waals surface area contributed by atoms with E-state index in [0.29, 0.717) is 6.04 Å². The molecular weight excluding hydrogens is 250 g/mol. The van der Waals surface area contributed by atoms with Gasteiger partial charge >= 0.3 is 0 Å². The lowest BCUT2D eigenvalue weighted by Gasteiger charge is -2.18. The van der Waals surface area contributed by atoms with Gasteiger partial charge in [0.05, 0.1) is 0 Å². The van der Waals surface area contributed by atoms with Gasteiger partial charge in [-0.15, -0.1) is 11.8 Å². The lowest BCUT2D eigenvalue weighted by atomic mass is 10.0. The van der Waals surface area contributed by atoms with Crippen molar-refractivity contribution in [3.8, 4) is 0 Å². The van der Waals surface area contributed by atoms with Crippen LogP contribution < -0.4 is 5.32 Å². The van der Waals surface area contributed by atoms with E-state index in [4.69, 9.17) is 0 Å². The molecule has 0 aliphatic heterocycles. The summed E-state index contributed by atoms with van der Waals surface area (Å²) in [6.45, 7) is 10.1. The molecule has 0 saturated carbocycles. The molecule has 0 aliphatic carbocycles. The number of rotatable bonds is 9. The fraction of sp³-hybridized carbons (Fsp3) is 0.647. The van der Waals surface area contributed by atoms with E-state index in [-0.39, 0.29) is 0 Å². The van der Waals surface area contributed by atoms with Crippen LogP contribution in [0.3, 0.4) is 0 Å². The molecule has 1 nitrogen and oxygen atoms in total. The number of benzene rings is 1. The third-order valence-corrected chi connectivity index (χ3v) is 4.42. The first-order valence-electron chi connectivity index (χ1n) is 7.54. The Hall–Kier alpha value is -0.470. The molecule has 0 radical (unpaired) electrons. The molecule has 0 bridgehead atoms. The zero-order chi connectivity index (χ0) is 14.1. The van der Waals surface area contributed by atoms with Crippen LogP contribution in [0.1, 0.15) is 45.6 Å². The van der Waals surface area contributed by atoms with E-state index >= 15 is 0 Å². The Kier molecular flexibility index (Phi) is 8.24. The summed E-state index contributed by atoms with van der Waals surface area (Å²) < 4.78 is 0. The fourth-order valence-corrected chi connectivity index (χ4v) is 3.33. The summed E-state index contributed by atoms with van der Waals surface area (Å²) in [6.07, 6.45) is 3.98. The third-order valence-electron chi connectivity index (χ3n) is 3.27. The molecule has 1 N–H and O–H groups in total. The summed E-state index contributed by atoms with van der Waals surface area (Å²) in [5, 5.41) is 3.62. The van der Waals surface area contributed by atoms with Crippen molar-refractivity contribution in [3.05, 3.63) is 29.8 Å². The van der Waals surface area contributed by atoms with Crippen molar-refractivity contribution in [1.29, 1.82) is 0 Å². The quantitative estimate of drug-likeness (QED) is 0.646. The highest BCUT2D eigenvalue weighted by molar-refractivity contribution is 7.99. The van der Waals surface area contributed by atoms with Gasteiger partial charge in [-0.1, -0.05) is 51.3 Å². The minimum Gasteiger partial charge on any atom is -0.313 e. The zero-order valence-corrected chi connectivity index (χ0v) is 13.7. The van der Waals surface area contributed by atoms with Crippen LogP contribution in [0, 0.1) is 12.8 Å². The van der Waals surface area contributed by atoms with Crippen LogP contribution in [-0.4, -0.2) is 18.3 Å². The molecule has 0 heterocycles. The van der Waals surface area contributed by atoms with Crippen LogP contribution >= 0.6 is 11.8 Å². The highest BCUT2D eigenvalue weighted by atomic mass is 32.2. The fourth-order valence-electron chi connectivity index (χ4n) is 2.21. The number of hydrogen-bond acceptors (Lipinski definition) is 2. The molecule has 0 saturated heterocycles. The molecule has 1 rings (SSSR count). The molecule has 108 valence electrons. The number of aryl methyl sites for hydroxylation is 1. The van der Waals surface area contributed by atoms with Gasteiger partial charge in [0.2, 0.25) is 0 Å². The largest absolute Gasteiger partial charge is 0.313 e. The number of nitrogens with one attached hydrogen (secondary N) is 1. The standard InChI is InChI=1S/C17H29NS/c1-5-18-16(10-6-8-14(2)3)13-19-17-11-7-9-15(4)12-17/h7,9,11-12,14,16,18H,5-6,8,10,13H2,1-4H3. The van der Waals surface area contributed by atoms with Crippen molar-refractivity contribution in [2.75, 3.05) is 12.3 Å². The summed E-state index contributed by atoms with van der Waals surface area (Å²) in [4.78, 5) is 1.40. The maximum atomic E-state index is 3.62. The number of hydrogen-bond donors (Lipinski definition) is 1. The van der Waals surface area contributed by atoms with Gasteiger partial charge in [-0.3, -0.25) is 0 Å². The highest BCUT2D eigenvalue weighted by Gasteiger charge is 2.08. The topological polar surface area (TPSA) is 12.0 Å². The normalized spacial score (nSPS) is 12.9. The zero-order valence-electron chi connectivity index (χ0n) is 12.9. The molecule has 1 atom stereocenters. The summed E-state index contributed by atoms with van der Waals surface area (Å²) in [5.74, 6) is 2.00. The van der Waals surface area contributed by atoms with E-state index in [1.165, 1.54) is 35.5 Å². The van der Waals surface area contributed by atoms with Gasteiger partial charge in [-0.25, -0.2) is 0 Å². The predicted molar refractivity (Wildman–Crippen MR) is 88.1 cm³/mol. The Morgan fingerprint density at radius 2 is 2.00 bits per heavy atom. The Balaban J connectivity index is 2.36. The smallest absolute Gasteiger partial charge is 0.0161 e. The summed E-state index contributed by atoms with van der Waals surface area (Å²) in [5.41, 5.74) is 1.35. The minimum atomic E-state index is 0.647. The van der Waals surface area contributed by atoms with Crippen molar-refractivity contribution in [2.45, 2.75) is 57.9 Å². The maximum Gasteiger partial charge on any atom is 0.0161 e. The molecule has 0 spiro atoms. The highest BCUT2D eigenvalue weighted by Crippen LogP contribution is 2.21. The van der Waals surface area contributed by atoms with Crippen LogP contribution in [-0.2, 0) is 0 Å². The van der Waals surface area contributed by atoms with Gasteiger partial charge in [0.25, 0.3) is 0 Å². The lowest BCUT2D eigenvalue weighted by molar-refractivity contribution is 0.469. The molecule has 0 aliphatic rings. The second-order valence-electron chi connectivity index (χ2n) is 5.71. The number of thioether (sulfide) groups is 1. The third kappa shape index (κ3) is 7.64. The van der Waals surface area contributed by atoms with Crippen molar-refractivity contribution in [1.82, 2.24) is 5.32 Å². The van der Waals surface area contributed by atoms with Crippen molar-refractivity contribution >= 4 is 11.8 Å². The molecule has 19 heavy (non-hydrogen) atoms. The van der Waals surface area contributed by atoms with Crippen LogP contribution in [0.4, 0.5) is 0 Å². The Morgan fingerprint density at radius 3 is 2.63 bits per heavy atom. The molecule has 0 aromatic heterocycles. The van der Waals surface area contributed by atoms with Gasteiger partial charge < -0.3 is 5.32 Å². The van der Waals surface area contributed by atoms with E-state index in [9.17, 15) is 0 Å². The van der Waals surface area contributed by atoms with Gasteiger partial charge in [-0.2, -0.15) is 0 Å². The summed E-state index contributed by atoms with van der Waals surface area (Å²) in [6, 6.07) is 9.46. The molecule has 2 heteroatoms. The van der Waals surface area contributed by atoms with Crippen LogP contribution in [0.5, 0.6) is 0 Å². The molecule has 1 aromatic carbocycles. The van der Waals surface area contributed by atoms with Gasteiger partial charge in [0.1, 0.15) is 0 Å². The second-order valence-corrected chi connectivity index (χ2v) is 6.80. The first-order valence-corrected chi connectivity index (χ1v) is 8.53. The van der Waals surface area contributed by atoms with Crippen molar-refractivity contribution < 1.29 is 0 Å².